The maximum Gasteiger partial charge on any atom is 0.252 e. The second-order valence-electron chi connectivity index (χ2n) is 6.03. The predicted molar refractivity (Wildman–Crippen MR) is 100 cm³/mol. The Morgan fingerprint density at radius 2 is 1.81 bits per heavy atom. The molecule has 27 heavy (non-hydrogen) atoms. The van der Waals surface area contributed by atoms with Gasteiger partial charge in [-0.2, -0.15) is 0 Å². The fourth-order valence-electron chi connectivity index (χ4n) is 2.38. The van der Waals surface area contributed by atoms with Gasteiger partial charge in [0.2, 0.25) is 6.79 Å². The van der Waals surface area contributed by atoms with E-state index < -0.39 is 0 Å². The molecule has 1 amide bonds. The molecule has 1 aliphatic rings. The fourth-order valence-corrected chi connectivity index (χ4v) is 2.38. The summed E-state index contributed by atoms with van der Waals surface area (Å²) in [5, 5.41) is 2.75. The second kappa shape index (κ2) is 8.86. The van der Waals surface area contributed by atoms with E-state index in [4.69, 9.17) is 18.9 Å². The van der Waals surface area contributed by atoms with Gasteiger partial charge in [0, 0.05) is 11.6 Å². The number of hydrogen-bond donors (Lipinski definition) is 1. The molecule has 1 N–H and O–H groups in total. The molecule has 0 aliphatic carbocycles. The summed E-state index contributed by atoms with van der Waals surface area (Å²) in [6.45, 7) is 4.60. The molecule has 6 heteroatoms. The van der Waals surface area contributed by atoms with Crippen molar-refractivity contribution in [1.82, 2.24) is 5.32 Å². The van der Waals surface area contributed by atoms with Crippen molar-refractivity contribution in [2.45, 2.75) is 20.0 Å². The smallest absolute Gasteiger partial charge is 0.252 e. The number of ether oxygens (including phenoxy) is 4. The molecule has 0 unspecified atom stereocenters. The maximum atomic E-state index is 12.1. The number of benzene rings is 2. The maximum absolute atomic E-state index is 12.1. The first kappa shape index (κ1) is 18.5. The number of carbonyl (C=O) groups is 1. The molecule has 3 rings (SSSR count). The van der Waals surface area contributed by atoms with Gasteiger partial charge in [-0.3, -0.25) is 4.79 Å². The van der Waals surface area contributed by atoms with E-state index in [2.05, 4.69) is 17.2 Å². The van der Waals surface area contributed by atoms with Gasteiger partial charge in [-0.05, 0) is 50.2 Å². The summed E-state index contributed by atoms with van der Waals surface area (Å²) in [5.41, 5.74) is 0.560. The number of carbonyl (C=O) groups excluding carboxylic acids is 1. The summed E-state index contributed by atoms with van der Waals surface area (Å²) in [6, 6.07) is 12.4. The molecule has 1 heterocycles. The molecule has 0 radical (unpaired) electrons. The molecule has 1 aliphatic heterocycles. The van der Waals surface area contributed by atoms with Gasteiger partial charge in [0.25, 0.3) is 5.91 Å². The van der Waals surface area contributed by atoms with Gasteiger partial charge in [0.15, 0.2) is 11.5 Å². The minimum absolute atomic E-state index is 0.0971. The summed E-state index contributed by atoms with van der Waals surface area (Å²) in [5.74, 6) is 8.30. The molecular formula is C21H21NO5. The summed E-state index contributed by atoms with van der Waals surface area (Å²) < 4.78 is 21.6. The Kier molecular flexibility index (Phi) is 6.06. The number of fused-ring (bicyclic) bond motifs is 1. The van der Waals surface area contributed by atoms with Gasteiger partial charge in [0.05, 0.1) is 12.6 Å². The number of amides is 1. The van der Waals surface area contributed by atoms with Crippen LogP contribution < -0.4 is 24.3 Å². The molecule has 0 saturated carbocycles. The van der Waals surface area contributed by atoms with Gasteiger partial charge in [-0.1, -0.05) is 11.8 Å². The Balaban J connectivity index is 1.40. The van der Waals surface area contributed by atoms with E-state index in [-0.39, 0.29) is 32.0 Å². The van der Waals surface area contributed by atoms with Gasteiger partial charge in [-0.15, -0.1) is 0 Å². The molecule has 6 nitrogen and oxygen atoms in total. The van der Waals surface area contributed by atoms with Crippen molar-refractivity contribution in [3.63, 3.8) is 0 Å². The van der Waals surface area contributed by atoms with Crippen LogP contribution in [0.4, 0.5) is 0 Å². The monoisotopic (exact) mass is 367 g/mol. The van der Waals surface area contributed by atoms with Crippen LogP contribution in [0.5, 0.6) is 23.0 Å². The van der Waals surface area contributed by atoms with Crippen molar-refractivity contribution >= 4 is 5.91 Å². The van der Waals surface area contributed by atoms with E-state index in [0.29, 0.717) is 22.8 Å². The standard InChI is InChI=1S/C21H21NO5/c1-15(2)27-17-7-5-16(6-8-17)21(23)22-11-3-4-12-24-18-9-10-19-20(13-18)26-14-25-19/h5-10,13,15H,11-12,14H2,1-2H3,(H,22,23). The summed E-state index contributed by atoms with van der Waals surface area (Å²) in [7, 11) is 0. The fraction of sp³-hybridized carbons (Fsp3) is 0.286. The van der Waals surface area contributed by atoms with Crippen LogP contribution in [0, 0.1) is 11.8 Å². The largest absolute Gasteiger partial charge is 0.491 e. The van der Waals surface area contributed by atoms with Crippen LogP contribution in [0.2, 0.25) is 0 Å². The van der Waals surface area contributed by atoms with Crippen LogP contribution >= 0.6 is 0 Å². The van der Waals surface area contributed by atoms with Crippen LogP contribution in [0.15, 0.2) is 42.5 Å². The number of hydrogen-bond acceptors (Lipinski definition) is 5. The summed E-state index contributed by atoms with van der Waals surface area (Å²) in [4.78, 5) is 12.1. The Morgan fingerprint density at radius 3 is 2.59 bits per heavy atom. The number of rotatable bonds is 6. The second-order valence-corrected chi connectivity index (χ2v) is 6.03. The molecule has 140 valence electrons. The van der Waals surface area contributed by atoms with Crippen molar-refractivity contribution in [3.05, 3.63) is 48.0 Å². The number of nitrogens with one attached hydrogen (secondary N) is 1. The first-order valence-electron chi connectivity index (χ1n) is 8.65. The van der Waals surface area contributed by atoms with Crippen molar-refractivity contribution in [3.8, 4) is 34.8 Å². The van der Waals surface area contributed by atoms with E-state index >= 15 is 0 Å². The van der Waals surface area contributed by atoms with E-state index in [1.807, 2.05) is 13.8 Å². The van der Waals surface area contributed by atoms with Crippen LogP contribution in [0.3, 0.4) is 0 Å². The summed E-state index contributed by atoms with van der Waals surface area (Å²) >= 11 is 0. The van der Waals surface area contributed by atoms with Crippen molar-refractivity contribution < 1.29 is 23.7 Å². The lowest BCUT2D eigenvalue weighted by Gasteiger charge is -2.09. The zero-order valence-corrected chi connectivity index (χ0v) is 15.3. The molecular weight excluding hydrogens is 346 g/mol. The third kappa shape index (κ3) is 5.32. The molecule has 0 fully saturated rings. The van der Waals surface area contributed by atoms with E-state index in [0.717, 1.165) is 5.75 Å². The van der Waals surface area contributed by atoms with Crippen molar-refractivity contribution in [2.75, 3.05) is 19.9 Å². The van der Waals surface area contributed by atoms with Crippen LogP contribution in [0.1, 0.15) is 24.2 Å². The molecule has 0 atom stereocenters. The van der Waals surface area contributed by atoms with Crippen LogP contribution in [-0.4, -0.2) is 32.0 Å². The highest BCUT2D eigenvalue weighted by atomic mass is 16.7. The van der Waals surface area contributed by atoms with E-state index in [1.165, 1.54) is 0 Å². The quantitative estimate of drug-likeness (QED) is 0.795. The SMILES string of the molecule is CC(C)Oc1ccc(C(=O)NCC#CCOc2ccc3c(c2)OCO3)cc1. The lowest BCUT2D eigenvalue weighted by Crippen LogP contribution is -2.23. The highest BCUT2D eigenvalue weighted by Gasteiger charge is 2.13. The van der Waals surface area contributed by atoms with E-state index in [9.17, 15) is 4.79 Å². The van der Waals surface area contributed by atoms with Crippen LogP contribution in [-0.2, 0) is 0 Å². The normalized spacial score (nSPS) is 11.5. The Bertz CT molecular complexity index is 849. The lowest BCUT2D eigenvalue weighted by atomic mass is 10.2. The van der Waals surface area contributed by atoms with Crippen molar-refractivity contribution in [1.29, 1.82) is 0 Å². The van der Waals surface area contributed by atoms with Crippen molar-refractivity contribution in [2.24, 2.45) is 0 Å². The average Bonchev–Trinajstić information content (AvgIpc) is 3.12. The minimum Gasteiger partial charge on any atom is -0.491 e. The molecule has 2 aromatic rings. The molecule has 0 spiro atoms. The highest BCUT2D eigenvalue weighted by molar-refractivity contribution is 5.94. The predicted octanol–water partition coefficient (Wildman–Crippen LogP) is 3.01. The van der Waals surface area contributed by atoms with Gasteiger partial charge in [0.1, 0.15) is 18.1 Å². The topological polar surface area (TPSA) is 66.0 Å². The first-order valence-corrected chi connectivity index (χ1v) is 8.65. The first-order chi connectivity index (χ1) is 13.1. The third-order valence-electron chi connectivity index (χ3n) is 3.61. The van der Waals surface area contributed by atoms with Gasteiger partial charge < -0.3 is 24.3 Å². The van der Waals surface area contributed by atoms with Crippen LogP contribution in [0.25, 0.3) is 0 Å². The Labute approximate surface area is 158 Å². The third-order valence-corrected chi connectivity index (χ3v) is 3.61. The molecule has 2 aromatic carbocycles. The lowest BCUT2D eigenvalue weighted by molar-refractivity contribution is 0.0958. The highest BCUT2D eigenvalue weighted by Crippen LogP contribution is 2.34. The zero-order valence-electron chi connectivity index (χ0n) is 15.3. The van der Waals surface area contributed by atoms with E-state index in [1.54, 1.807) is 42.5 Å². The molecule has 0 bridgehead atoms. The average molecular weight is 367 g/mol. The minimum atomic E-state index is -0.183. The van der Waals surface area contributed by atoms with Gasteiger partial charge >= 0.3 is 0 Å². The summed E-state index contributed by atoms with van der Waals surface area (Å²) in [6.07, 6.45) is 0.0971. The Morgan fingerprint density at radius 1 is 1.07 bits per heavy atom. The molecule has 0 aromatic heterocycles. The molecule has 0 saturated heterocycles. The Hall–Kier alpha value is -3.33. The zero-order chi connectivity index (χ0) is 19.1. The van der Waals surface area contributed by atoms with Gasteiger partial charge in [-0.25, -0.2) is 0 Å².